The third kappa shape index (κ3) is 3.03. The lowest BCUT2D eigenvalue weighted by molar-refractivity contribution is 1.04. The van der Waals surface area contributed by atoms with Gasteiger partial charge in [0.2, 0.25) is 0 Å². The van der Waals surface area contributed by atoms with Crippen LogP contribution in [0.25, 0.3) is 0 Å². The lowest BCUT2D eigenvalue weighted by Gasteiger charge is -2.10. The van der Waals surface area contributed by atoms with E-state index in [1.54, 1.807) is 6.33 Å². The second kappa shape index (κ2) is 5.77. The van der Waals surface area contributed by atoms with Crippen LogP contribution < -0.4 is 5.32 Å². The van der Waals surface area contributed by atoms with E-state index >= 15 is 0 Å². The van der Waals surface area contributed by atoms with Crippen LogP contribution in [0.2, 0.25) is 0 Å². The number of para-hydroxylation sites is 1. The smallest absolute Gasteiger partial charge is 0.0925 e. The zero-order valence-electron chi connectivity index (χ0n) is 10.2. The summed E-state index contributed by atoms with van der Waals surface area (Å²) < 4.78 is 0. The van der Waals surface area contributed by atoms with E-state index in [4.69, 9.17) is 0 Å². The van der Waals surface area contributed by atoms with Crippen molar-refractivity contribution in [2.45, 2.75) is 25.3 Å². The molecular weight excluding hydrogens is 230 g/mol. The van der Waals surface area contributed by atoms with Crippen molar-refractivity contribution in [1.82, 2.24) is 9.97 Å². The molecule has 0 aliphatic carbocycles. The minimum absolute atomic E-state index is 0.761. The maximum atomic E-state index is 4.28. The highest BCUT2D eigenvalue weighted by Crippen LogP contribution is 2.26. The Morgan fingerprint density at radius 3 is 2.88 bits per heavy atom. The molecule has 90 valence electrons. The summed E-state index contributed by atoms with van der Waals surface area (Å²) in [6.07, 6.45) is 1.74. The molecule has 0 amide bonds. The van der Waals surface area contributed by atoms with Gasteiger partial charge in [-0.05, 0) is 24.8 Å². The van der Waals surface area contributed by atoms with Crippen LogP contribution in [-0.2, 0) is 6.54 Å². The monoisotopic (exact) mass is 247 g/mol. The Kier molecular flexibility index (Phi) is 4.09. The van der Waals surface area contributed by atoms with E-state index in [-0.39, 0.29) is 0 Å². The fourth-order valence-electron chi connectivity index (χ4n) is 1.64. The first-order valence-corrected chi connectivity index (χ1v) is 6.74. The van der Waals surface area contributed by atoms with Gasteiger partial charge in [0.05, 0.1) is 18.6 Å². The van der Waals surface area contributed by atoms with Crippen LogP contribution in [0, 0.1) is 6.92 Å². The number of rotatable bonds is 5. The highest BCUT2D eigenvalue weighted by atomic mass is 32.2. The maximum absolute atomic E-state index is 4.28. The minimum Gasteiger partial charge on any atom is -0.378 e. The first kappa shape index (κ1) is 12.0. The van der Waals surface area contributed by atoms with Crippen molar-refractivity contribution in [3.05, 3.63) is 42.0 Å². The van der Waals surface area contributed by atoms with E-state index in [2.05, 4.69) is 46.5 Å². The fourth-order valence-corrected chi connectivity index (χ4v) is 2.42. The minimum atomic E-state index is 0.761. The van der Waals surface area contributed by atoms with E-state index in [9.17, 15) is 0 Å². The number of H-pyrrole nitrogens is 1. The Hall–Kier alpha value is -1.42. The van der Waals surface area contributed by atoms with E-state index in [0.29, 0.717) is 0 Å². The molecule has 0 saturated carbocycles. The van der Waals surface area contributed by atoms with Crippen molar-refractivity contribution in [2.75, 3.05) is 11.1 Å². The summed E-state index contributed by atoms with van der Waals surface area (Å²) in [4.78, 5) is 8.66. The van der Waals surface area contributed by atoms with Crippen molar-refractivity contribution in [1.29, 1.82) is 0 Å². The summed E-state index contributed by atoms with van der Waals surface area (Å²) in [5, 5.41) is 3.44. The molecule has 2 rings (SSSR count). The van der Waals surface area contributed by atoms with Crippen LogP contribution in [0.1, 0.15) is 18.3 Å². The highest BCUT2D eigenvalue weighted by Gasteiger charge is 2.03. The quantitative estimate of drug-likeness (QED) is 0.795. The van der Waals surface area contributed by atoms with Gasteiger partial charge in [0, 0.05) is 16.3 Å². The Morgan fingerprint density at radius 2 is 2.18 bits per heavy atom. The number of nitrogens with zero attached hydrogens (tertiary/aromatic N) is 1. The zero-order chi connectivity index (χ0) is 12.1. The topological polar surface area (TPSA) is 40.7 Å². The molecule has 1 heterocycles. The third-order valence-corrected chi connectivity index (χ3v) is 3.52. The molecule has 0 bridgehead atoms. The number of hydrogen-bond donors (Lipinski definition) is 2. The molecular formula is C13H17N3S. The molecule has 17 heavy (non-hydrogen) atoms. The Bertz CT molecular complexity index is 479. The van der Waals surface area contributed by atoms with Crippen LogP contribution in [0.3, 0.4) is 0 Å². The van der Waals surface area contributed by atoms with Gasteiger partial charge in [-0.2, -0.15) is 0 Å². The number of nitrogens with one attached hydrogen (secondary N) is 2. The van der Waals surface area contributed by atoms with Gasteiger partial charge in [0.25, 0.3) is 0 Å². The fraction of sp³-hybridized carbons (Fsp3) is 0.308. The van der Waals surface area contributed by atoms with Gasteiger partial charge in [-0.3, -0.25) is 0 Å². The molecule has 2 aromatic rings. The van der Waals surface area contributed by atoms with Crippen LogP contribution >= 0.6 is 11.8 Å². The Morgan fingerprint density at radius 1 is 1.35 bits per heavy atom. The van der Waals surface area contributed by atoms with Crippen molar-refractivity contribution >= 4 is 17.4 Å². The number of imidazole rings is 1. The normalized spacial score (nSPS) is 10.5. The molecule has 0 spiro atoms. The average molecular weight is 247 g/mol. The van der Waals surface area contributed by atoms with Gasteiger partial charge in [-0.25, -0.2) is 4.98 Å². The van der Waals surface area contributed by atoms with E-state index in [1.807, 2.05) is 18.7 Å². The lowest BCUT2D eigenvalue weighted by atomic mass is 10.3. The van der Waals surface area contributed by atoms with E-state index < -0.39 is 0 Å². The standard InChI is InChI=1S/C13H17N3S/c1-3-17-13-7-5-4-6-11(13)14-8-12-10(2)15-9-16-12/h4-7,9,14H,3,8H2,1-2H3,(H,15,16). The largest absolute Gasteiger partial charge is 0.378 e. The SMILES string of the molecule is CCSc1ccccc1NCc1nc[nH]c1C. The molecule has 0 unspecified atom stereocenters. The Balaban J connectivity index is 2.06. The van der Waals surface area contributed by atoms with Crippen LogP contribution in [0.15, 0.2) is 35.5 Å². The summed E-state index contributed by atoms with van der Waals surface area (Å²) in [5.74, 6) is 1.08. The van der Waals surface area contributed by atoms with Crippen LogP contribution in [-0.4, -0.2) is 15.7 Å². The Labute approximate surface area is 106 Å². The lowest BCUT2D eigenvalue weighted by Crippen LogP contribution is -2.02. The number of anilines is 1. The number of hydrogen-bond acceptors (Lipinski definition) is 3. The molecule has 1 aromatic heterocycles. The molecule has 2 N–H and O–H groups in total. The molecule has 4 heteroatoms. The number of aromatic nitrogens is 2. The van der Waals surface area contributed by atoms with Gasteiger partial charge in [-0.15, -0.1) is 11.8 Å². The summed E-state index contributed by atoms with van der Waals surface area (Å²) in [7, 11) is 0. The summed E-state index contributed by atoms with van der Waals surface area (Å²) in [6.45, 7) is 4.96. The first-order chi connectivity index (χ1) is 8.31. The molecule has 0 atom stereocenters. The number of thioether (sulfide) groups is 1. The molecule has 1 aromatic carbocycles. The van der Waals surface area contributed by atoms with Gasteiger partial charge < -0.3 is 10.3 Å². The number of aromatic amines is 1. The first-order valence-electron chi connectivity index (χ1n) is 5.75. The predicted molar refractivity (Wildman–Crippen MR) is 73.5 cm³/mol. The van der Waals surface area contributed by atoms with E-state index in [0.717, 1.165) is 23.7 Å². The molecule has 0 aliphatic heterocycles. The molecule has 3 nitrogen and oxygen atoms in total. The van der Waals surface area contributed by atoms with Crippen LogP contribution in [0.4, 0.5) is 5.69 Å². The van der Waals surface area contributed by atoms with Gasteiger partial charge in [0.1, 0.15) is 0 Å². The molecule has 0 fully saturated rings. The maximum Gasteiger partial charge on any atom is 0.0925 e. The van der Waals surface area contributed by atoms with Crippen molar-refractivity contribution in [2.24, 2.45) is 0 Å². The summed E-state index contributed by atoms with van der Waals surface area (Å²) in [5.41, 5.74) is 3.38. The average Bonchev–Trinajstić information content (AvgIpc) is 2.74. The van der Waals surface area contributed by atoms with E-state index in [1.165, 1.54) is 10.6 Å². The van der Waals surface area contributed by atoms with Gasteiger partial charge >= 0.3 is 0 Å². The van der Waals surface area contributed by atoms with Crippen molar-refractivity contribution in [3.63, 3.8) is 0 Å². The van der Waals surface area contributed by atoms with Gasteiger partial charge in [0.15, 0.2) is 0 Å². The number of benzene rings is 1. The molecule has 0 radical (unpaired) electrons. The third-order valence-electron chi connectivity index (χ3n) is 2.57. The van der Waals surface area contributed by atoms with Crippen molar-refractivity contribution < 1.29 is 0 Å². The second-order valence-corrected chi connectivity index (χ2v) is 5.06. The summed E-state index contributed by atoms with van der Waals surface area (Å²) >= 11 is 1.85. The predicted octanol–water partition coefficient (Wildman–Crippen LogP) is 3.44. The van der Waals surface area contributed by atoms with Gasteiger partial charge in [-0.1, -0.05) is 19.1 Å². The zero-order valence-corrected chi connectivity index (χ0v) is 11.0. The second-order valence-electron chi connectivity index (χ2n) is 3.76. The number of aryl methyl sites for hydroxylation is 1. The molecule has 0 aliphatic rings. The molecule has 0 saturated heterocycles. The summed E-state index contributed by atoms with van der Waals surface area (Å²) in [6, 6.07) is 8.39. The van der Waals surface area contributed by atoms with Crippen LogP contribution in [0.5, 0.6) is 0 Å². The van der Waals surface area contributed by atoms with Crippen molar-refractivity contribution in [3.8, 4) is 0 Å². The highest BCUT2D eigenvalue weighted by molar-refractivity contribution is 7.99.